The largest absolute Gasteiger partial charge is 0.352 e. The molecule has 142 valence electrons. The highest BCUT2D eigenvalue weighted by Crippen LogP contribution is 2.28. The number of fused-ring (bicyclic) bond motifs is 1. The van der Waals surface area contributed by atoms with Crippen molar-refractivity contribution in [2.75, 3.05) is 5.75 Å². The highest BCUT2D eigenvalue weighted by molar-refractivity contribution is 7.99. The number of hydrogen-bond donors (Lipinski definition) is 1. The first-order valence-corrected chi connectivity index (χ1v) is 11.1. The van der Waals surface area contributed by atoms with Gasteiger partial charge in [0.2, 0.25) is 5.91 Å². The van der Waals surface area contributed by atoms with Crippen molar-refractivity contribution in [3.8, 4) is 0 Å². The average Bonchev–Trinajstić information content (AvgIpc) is 2.89. The second kappa shape index (κ2) is 8.13. The monoisotopic (exact) mass is 393 g/mol. The van der Waals surface area contributed by atoms with Gasteiger partial charge in [-0.15, -0.1) is 11.3 Å². The zero-order valence-corrected chi connectivity index (χ0v) is 17.6. The van der Waals surface area contributed by atoms with Crippen molar-refractivity contribution < 1.29 is 4.79 Å². The van der Waals surface area contributed by atoms with Crippen LogP contribution < -0.4 is 10.9 Å². The maximum Gasteiger partial charge on any atom is 0.263 e. The molecule has 2 aromatic heterocycles. The Kier molecular flexibility index (Phi) is 6.07. The molecule has 2 heterocycles. The van der Waals surface area contributed by atoms with Crippen molar-refractivity contribution in [2.24, 2.45) is 5.92 Å². The number of thiophene rings is 1. The second-order valence-electron chi connectivity index (χ2n) is 7.13. The maximum atomic E-state index is 12.8. The van der Waals surface area contributed by atoms with Crippen molar-refractivity contribution in [3.63, 3.8) is 0 Å². The Hall–Kier alpha value is -1.34. The number of amides is 1. The van der Waals surface area contributed by atoms with E-state index >= 15 is 0 Å². The molecule has 1 aliphatic carbocycles. The van der Waals surface area contributed by atoms with Crippen molar-refractivity contribution in [1.29, 1.82) is 0 Å². The van der Waals surface area contributed by atoms with Gasteiger partial charge in [0.05, 0.1) is 11.1 Å². The van der Waals surface area contributed by atoms with E-state index in [4.69, 9.17) is 0 Å². The SMILES string of the molecule is CCn1c(SCC(=O)N[C@H]2CCCC[C@@H]2C)nc2sc(C)c(C)c2c1=O. The van der Waals surface area contributed by atoms with Crippen LogP contribution in [0, 0.1) is 19.8 Å². The lowest BCUT2D eigenvalue weighted by Gasteiger charge is -2.29. The van der Waals surface area contributed by atoms with E-state index in [0.717, 1.165) is 27.1 Å². The number of aromatic nitrogens is 2. The van der Waals surface area contributed by atoms with Gasteiger partial charge in [-0.05, 0) is 45.1 Å². The molecule has 0 aromatic carbocycles. The topological polar surface area (TPSA) is 64.0 Å². The highest BCUT2D eigenvalue weighted by atomic mass is 32.2. The summed E-state index contributed by atoms with van der Waals surface area (Å²) in [7, 11) is 0. The van der Waals surface area contributed by atoms with Crippen molar-refractivity contribution in [2.45, 2.75) is 71.1 Å². The average molecular weight is 394 g/mol. The Morgan fingerprint density at radius 1 is 1.35 bits per heavy atom. The molecule has 26 heavy (non-hydrogen) atoms. The summed E-state index contributed by atoms with van der Waals surface area (Å²) in [5.74, 6) is 0.868. The lowest BCUT2D eigenvalue weighted by molar-refractivity contribution is -0.119. The van der Waals surface area contributed by atoms with Gasteiger partial charge in [0.25, 0.3) is 5.56 Å². The zero-order chi connectivity index (χ0) is 18.8. The van der Waals surface area contributed by atoms with Gasteiger partial charge in [-0.25, -0.2) is 4.98 Å². The summed E-state index contributed by atoms with van der Waals surface area (Å²) in [5.41, 5.74) is 1.02. The third-order valence-corrected chi connectivity index (χ3v) is 7.44. The van der Waals surface area contributed by atoms with Crippen LogP contribution in [0.2, 0.25) is 0 Å². The summed E-state index contributed by atoms with van der Waals surface area (Å²) in [4.78, 5) is 31.8. The third-order valence-electron chi connectivity index (χ3n) is 5.36. The van der Waals surface area contributed by atoms with E-state index in [1.165, 1.54) is 31.0 Å². The maximum absolute atomic E-state index is 12.8. The van der Waals surface area contributed by atoms with Gasteiger partial charge in [0, 0.05) is 17.5 Å². The molecule has 1 saturated carbocycles. The Labute approximate surface area is 162 Å². The van der Waals surface area contributed by atoms with Crippen LogP contribution in [0.25, 0.3) is 10.2 Å². The van der Waals surface area contributed by atoms with E-state index in [2.05, 4.69) is 17.2 Å². The second-order valence-corrected chi connectivity index (χ2v) is 9.28. The fraction of sp³-hybridized carbons (Fsp3) is 0.632. The number of nitrogens with zero attached hydrogens (tertiary/aromatic N) is 2. The van der Waals surface area contributed by atoms with Crippen LogP contribution in [0.5, 0.6) is 0 Å². The van der Waals surface area contributed by atoms with Crippen molar-refractivity contribution >= 4 is 39.2 Å². The van der Waals surface area contributed by atoms with E-state index in [-0.39, 0.29) is 17.5 Å². The molecule has 1 aliphatic rings. The van der Waals surface area contributed by atoms with Gasteiger partial charge >= 0.3 is 0 Å². The van der Waals surface area contributed by atoms with Gasteiger partial charge in [-0.2, -0.15) is 0 Å². The molecule has 3 rings (SSSR count). The smallest absolute Gasteiger partial charge is 0.263 e. The minimum Gasteiger partial charge on any atom is -0.352 e. The number of nitrogens with one attached hydrogen (secondary N) is 1. The quantitative estimate of drug-likeness (QED) is 0.618. The van der Waals surface area contributed by atoms with Crippen molar-refractivity contribution in [3.05, 3.63) is 20.8 Å². The molecule has 0 unspecified atom stereocenters. The first-order chi connectivity index (χ1) is 12.4. The Bertz CT molecular complexity index is 872. The molecule has 1 N–H and O–H groups in total. The summed E-state index contributed by atoms with van der Waals surface area (Å²) in [6.45, 7) is 8.70. The lowest BCUT2D eigenvalue weighted by Crippen LogP contribution is -2.41. The summed E-state index contributed by atoms with van der Waals surface area (Å²) >= 11 is 2.91. The Morgan fingerprint density at radius 3 is 2.77 bits per heavy atom. The van der Waals surface area contributed by atoms with E-state index < -0.39 is 0 Å². The fourth-order valence-electron chi connectivity index (χ4n) is 3.61. The zero-order valence-electron chi connectivity index (χ0n) is 15.9. The van der Waals surface area contributed by atoms with Gasteiger partial charge < -0.3 is 5.32 Å². The van der Waals surface area contributed by atoms with Gasteiger partial charge in [0.15, 0.2) is 5.16 Å². The molecule has 0 spiro atoms. The van der Waals surface area contributed by atoms with Crippen LogP contribution in [0.15, 0.2) is 9.95 Å². The number of aryl methyl sites for hydroxylation is 2. The fourth-order valence-corrected chi connectivity index (χ4v) is 5.55. The molecule has 0 radical (unpaired) electrons. The molecule has 2 aromatic rings. The first kappa shape index (κ1) is 19.4. The predicted molar refractivity (Wildman–Crippen MR) is 109 cm³/mol. The van der Waals surface area contributed by atoms with Crippen LogP contribution in [-0.4, -0.2) is 27.3 Å². The minimum absolute atomic E-state index is 0.00293. The van der Waals surface area contributed by atoms with Gasteiger partial charge in [-0.1, -0.05) is 31.5 Å². The van der Waals surface area contributed by atoms with Gasteiger partial charge in [-0.3, -0.25) is 14.2 Å². The highest BCUT2D eigenvalue weighted by Gasteiger charge is 2.23. The first-order valence-electron chi connectivity index (χ1n) is 9.35. The molecule has 1 fully saturated rings. The van der Waals surface area contributed by atoms with Crippen LogP contribution in [0.1, 0.15) is 50.0 Å². The number of rotatable bonds is 5. The lowest BCUT2D eigenvalue weighted by atomic mass is 9.86. The summed E-state index contributed by atoms with van der Waals surface area (Å²) in [6.07, 6.45) is 4.69. The standard InChI is InChI=1S/C19H27N3O2S2/c1-5-22-18(24)16-12(3)13(4)26-17(16)21-19(22)25-10-15(23)20-14-9-7-6-8-11(14)2/h11,14H,5-10H2,1-4H3,(H,20,23)/t11-,14-/m0/s1. The van der Waals surface area contributed by atoms with Gasteiger partial charge in [0.1, 0.15) is 4.83 Å². The Balaban J connectivity index is 1.76. The minimum atomic E-state index is 0.00293. The Morgan fingerprint density at radius 2 is 2.08 bits per heavy atom. The number of hydrogen-bond acceptors (Lipinski definition) is 5. The summed E-state index contributed by atoms with van der Waals surface area (Å²) in [6, 6.07) is 0.281. The third kappa shape index (κ3) is 3.83. The molecule has 7 heteroatoms. The molecule has 0 saturated heterocycles. The van der Waals surface area contributed by atoms with E-state index in [0.29, 0.717) is 23.4 Å². The van der Waals surface area contributed by atoms with Crippen LogP contribution in [0.3, 0.4) is 0 Å². The molecular weight excluding hydrogens is 366 g/mol. The van der Waals surface area contributed by atoms with E-state index in [1.807, 2.05) is 20.8 Å². The van der Waals surface area contributed by atoms with Crippen LogP contribution in [0.4, 0.5) is 0 Å². The van der Waals surface area contributed by atoms with E-state index in [1.54, 1.807) is 15.9 Å². The van der Waals surface area contributed by atoms with Crippen molar-refractivity contribution in [1.82, 2.24) is 14.9 Å². The number of carbonyl (C=O) groups is 1. The van der Waals surface area contributed by atoms with E-state index in [9.17, 15) is 9.59 Å². The summed E-state index contributed by atoms with van der Waals surface area (Å²) in [5, 5.41) is 4.53. The molecular formula is C19H27N3O2S2. The van der Waals surface area contributed by atoms with Crippen LogP contribution in [-0.2, 0) is 11.3 Å². The molecule has 5 nitrogen and oxygen atoms in total. The molecule has 0 bridgehead atoms. The van der Waals surface area contributed by atoms with Crippen LogP contribution >= 0.6 is 23.1 Å². The normalized spacial score (nSPS) is 20.5. The molecule has 1 amide bonds. The summed E-state index contributed by atoms with van der Waals surface area (Å²) < 4.78 is 1.68. The number of carbonyl (C=O) groups excluding carboxylic acids is 1. The predicted octanol–water partition coefficient (Wildman–Crippen LogP) is 3.88. The number of thioether (sulfide) groups is 1. The molecule has 0 aliphatic heterocycles. The molecule has 2 atom stereocenters.